The lowest BCUT2D eigenvalue weighted by molar-refractivity contribution is 0.0970. The van der Waals surface area contributed by atoms with E-state index in [1.807, 2.05) is 12.1 Å². The molecule has 0 fully saturated rings. The zero-order valence-corrected chi connectivity index (χ0v) is 9.77. The smallest absolute Gasteiger partial charge is 0.212 e. The van der Waals surface area contributed by atoms with Crippen molar-refractivity contribution >= 4 is 5.69 Å². The van der Waals surface area contributed by atoms with E-state index in [-0.39, 0.29) is 6.04 Å². The Balaban J connectivity index is 1.84. The molecule has 1 aromatic heterocycles. The summed E-state index contributed by atoms with van der Waals surface area (Å²) in [6, 6.07) is 11.3. The third-order valence-corrected chi connectivity index (χ3v) is 3.04. The van der Waals surface area contributed by atoms with Gasteiger partial charge in [-0.2, -0.15) is 4.39 Å². The molecular weight excluding hydrogens is 231 g/mol. The summed E-state index contributed by atoms with van der Waals surface area (Å²) < 4.78 is 18.3. The Morgan fingerprint density at radius 1 is 1.22 bits per heavy atom. The normalized spacial score (nSPS) is 18.2. The SMILES string of the molecule is Fc1ccc(NC2COCc3ccccc32)cn1. The highest BCUT2D eigenvalue weighted by atomic mass is 19.1. The first-order valence-corrected chi connectivity index (χ1v) is 5.86. The molecule has 0 spiro atoms. The minimum atomic E-state index is -0.471. The van der Waals surface area contributed by atoms with E-state index in [0.717, 1.165) is 5.69 Å². The summed E-state index contributed by atoms with van der Waals surface area (Å²) in [6.07, 6.45) is 1.49. The number of benzene rings is 1. The van der Waals surface area contributed by atoms with E-state index in [0.29, 0.717) is 13.2 Å². The Kier molecular flexibility index (Phi) is 2.94. The van der Waals surface area contributed by atoms with Crippen LogP contribution < -0.4 is 5.32 Å². The van der Waals surface area contributed by atoms with Gasteiger partial charge in [-0.05, 0) is 23.3 Å². The van der Waals surface area contributed by atoms with E-state index >= 15 is 0 Å². The second-order valence-corrected chi connectivity index (χ2v) is 4.28. The van der Waals surface area contributed by atoms with Crippen LogP contribution in [0.3, 0.4) is 0 Å². The first kappa shape index (κ1) is 11.2. The average Bonchev–Trinajstić information content (AvgIpc) is 2.42. The molecule has 1 aliphatic rings. The molecule has 4 heteroatoms. The van der Waals surface area contributed by atoms with E-state index in [9.17, 15) is 4.39 Å². The van der Waals surface area contributed by atoms with Crippen LogP contribution in [0, 0.1) is 5.95 Å². The van der Waals surface area contributed by atoms with Gasteiger partial charge in [0.1, 0.15) is 0 Å². The van der Waals surface area contributed by atoms with Crippen LogP contribution in [0.1, 0.15) is 17.2 Å². The molecule has 1 atom stereocenters. The number of ether oxygens (including phenoxy) is 1. The van der Waals surface area contributed by atoms with E-state index in [1.54, 1.807) is 6.07 Å². The minimum absolute atomic E-state index is 0.0854. The molecule has 1 aromatic carbocycles. The summed E-state index contributed by atoms with van der Waals surface area (Å²) in [5.41, 5.74) is 3.21. The van der Waals surface area contributed by atoms with Crippen LogP contribution in [0.25, 0.3) is 0 Å². The number of fused-ring (bicyclic) bond motifs is 1. The molecule has 0 saturated heterocycles. The van der Waals surface area contributed by atoms with Crippen molar-refractivity contribution in [1.29, 1.82) is 0 Å². The molecule has 1 unspecified atom stereocenters. The number of nitrogens with one attached hydrogen (secondary N) is 1. The van der Waals surface area contributed by atoms with Crippen molar-refractivity contribution in [2.24, 2.45) is 0 Å². The Morgan fingerprint density at radius 2 is 2.11 bits per heavy atom. The van der Waals surface area contributed by atoms with Crippen molar-refractivity contribution in [2.75, 3.05) is 11.9 Å². The Labute approximate surface area is 105 Å². The van der Waals surface area contributed by atoms with Crippen LogP contribution in [-0.4, -0.2) is 11.6 Å². The number of halogens is 1. The van der Waals surface area contributed by atoms with Crippen molar-refractivity contribution in [2.45, 2.75) is 12.6 Å². The fraction of sp³-hybridized carbons (Fsp3) is 0.214. The molecule has 18 heavy (non-hydrogen) atoms. The molecule has 0 amide bonds. The summed E-state index contributed by atoms with van der Waals surface area (Å²) in [5.74, 6) is -0.471. The van der Waals surface area contributed by atoms with Crippen LogP contribution in [0.5, 0.6) is 0 Å². The largest absolute Gasteiger partial charge is 0.375 e. The van der Waals surface area contributed by atoms with Gasteiger partial charge in [0.05, 0.1) is 31.1 Å². The van der Waals surface area contributed by atoms with Gasteiger partial charge in [-0.1, -0.05) is 24.3 Å². The molecule has 92 valence electrons. The van der Waals surface area contributed by atoms with Crippen molar-refractivity contribution in [3.8, 4) is 0 Å². The summed E-state index contributed by atoms with van der Waals surface area (Å²) in [7, 11) is 0. The summed E-state index contributed by atoms with van der Waals surface area (Å²) in [6.45, 7) is 1.25. The van der Waals surface area contributed by atoms with E-state index in [1.165, 1.54) is 23.4 Å². The van der Waals surface area contributed by atoms with Crippen molar-refractivity contribution < 1.29 is 9.13 Å². The lowest BCUT2D eigenvalue weighted by atomic mass is 9.99. The second-order valence-electron chi connectivity index (χ2n) is 4.28. The highest BCUT2D eigenvalue weighted by molar-refractivity contribution is 5.45. The maximum Gasteiger partial charge on any atom is 0.212 e. The topological polar surface area (TPSA) is 34.1 Å². The third kappa shape index (κ3) is 2.19. The molecule has 3 rings (SSSR count). The molecule has 0 saturated carbocycles. The van der Waals surface area contributed by atoms with Gasteiger partial charge < -0.3 is 10.1 Å². The number of hydrogen-bond donors (Lipinski definition) is 1. The molecule has 1 aliphatic heterocycles. The third-order valence-electron chi connectivity index (χ3n) is 3.04. The number of aromatic nitrogens is 1. The fourth-order valence-electron chi connectivity index (χ4n) is 2.16. The number of pyridine rings is 1. The zero-order valence-electron chi connectivity index (χ0n) is 9.77. The number of rotatable bonds is 2. The Hall–Kier alpha value is -1.94. The summed E-state index contributed by atoms with van der Waals surface area (Å²) in [4.78, 5) is 3.63. The minimum Gasteiger partial charge on any atom is -0.375 e. The average molecular weight is 244 g/mol. The molecule has 0 radical (unpaired) electrons. The Morgan fingerprint density at radius 3 is 2.94 bits per heavy atom. The summed E-state index contributed by atoms with van der Waals surface area (Å²) >= 11 is 0. The van der Waals surface area contributed by atoms with Crippen molar-refractivity contribution in [1.82, 2.24) is 4.98 Å². The highest BCUT2D eigenvalue weighted by Gasteiger charge is 2.19. The molecule has 0 bridgehead atoms. The van der Waals surface area contributed by atoms with Crippen LogP contribution in [0.15, 0.2) is 42.6 Å². The molecule has 0 aliphatic carbocycles. The molecular formula is C14H13FN2O. The molecule has 1 N–H and O–H groups in total. The standard InChI is InChI=1S/C14H13FN2O/c15-14-6-5-11(7-16-14)17-13-9-18-8-10-3-1-2-4-12(10)13/h1-7,13,17H,8-9H2. The Bertz CT molecular complexity index is 542. The first-order valence-electron chi connectivity index (χ1n) is 5.86. The highest BCUT2D eigenvalue weighted by Crippen LogP contribution is 2.27. The predicted molar refractivity (Wildman–Crippen MR) is 66.7 cm³/mol. The first-order chi connectivity index (χ1) is 8.83. The van der Waals surface area contributed by atoms with Gasteiger partial charge in [0.2, 0.25) is 5.95 Å². The monoisotopic (exact) mass is 244 g/mol. The quantitative estimate of drug-likeness (QED) is 0.825. The number of nitrogens with zero attached hydrogens (tertiary/aromatic N) is 1. The van der Waals surface area contributed by atoms with Gasteiger partial charge in [-0.25, -0.2) is 4.98 Å². The van der Waals surface area contributed by atoms with Crippen molar-refractivity contribution in [3.63, 3.8) is 0 Å². The van der Waals surface area contributed by atoms with Gasteiger partial charge in [0.15, 0.2) is 0 Å². The van der Waals surface area contributed by atoms with Gasteiger partial charge in [0, 0.05) is 0 Å². The number of anilines is 1. The fourth-order valence-corrected chi connectivity index (χ4v) is 2.16. The van der Waals surface area contributed by atoms with Gasteiger partial charge >= 0.3 is 0 Å². The maximum absolute atomic E-state index is 12.7. The van der Waals surface area contributed by atoms with Gasteiger partial charge in [-0.15, -0.1) is 0 Å². The maximum atomic E-state index is 12.7. The molecule has 2 aromatic rings. The van der Waals surface area contributed by atoms with Crippen LogP contribution in [0.4, 0.5) is 10.1 Å². The van der Waals surface area contributed by atoms with Crippen LogP contribution >= 0.6 is 0 Å². The molecule has 2 heterocycles. The summed E-state index contributed by atoms with van der Waals surface area (Å²) in [5, 5.41) is 3.31. The van der Waals surface area contributed by atoms with E-state index in [4.69, 9.17) is 4.74 Å². The van der Waals surface area contributed by atoms with Gasteiger partial charge in [0.25, 0.3) is 0 Å². The number of hydrogen-bond acceptors (Lipinski definition) is 3. The lowest BCUT2D eigenvalue weighted by Crippen LogP contribution is -2.23. The van der Waals surface area contributed by atoms with Crippen molar-refractivity contribution in [3.05, 3.63) is 59.7 Å². The van der Waals surface area contributed by atoms with Gasteiger partial charge in [-0.3, -0.25) is 0 Å². The van der Waals surface area contributed by atoms with E-state index < -0.39 is 5.95 Å². The van der Waals surface area contributed by atoms with Crippen LogP contribution in [-0.2, 0) is 11.3 Å². The van der Waals surface area contributed by atoms with Crippen LogP contribution in [0.2, 0.25) is 0 Å². The lowest BCUT2D eigenvalue weighted by Gasteiger charge is -2.27. The predicted octanol–water partition coefficient (Wildman–Crippen LogP) is 2.90. The molecule has 3 nitrogen and oxygen atoms in total. The van der Waals surface area contributed by atoms with E-state index in [2.05, 4.69) is 22.4 Å². The second kappa shape index (κ2) is 4.74. The zero-order chi connectivity index (χ0) is 12.4.